The zero-order chi connectivity index (χ0) is 11.6. The predicted octanol–water partition coefficient (Wildman–Crippen LogP) is 0.864. The molecule has 1 aromatic rings. The molecule has 0 spiro atoms. The number of nitrogens with zero attached hydrogens (tertiary/aromatic N) is 1. The molecule has 0 aliphatic heterocycles. The van der Waals surface area contributed by atoms with Gasteiger partial charge in [0.15, 0.2) is 11.8 Å². The number of hydrogen-bond acceptors (Lipinski definition) is 4. The molecule has 1 rings (SSSR count). The highest BCUT2D eigenvalue weighted by atomic mass is 32.2. The molecule has 0 unspecified atom stereocenters. The van der Waals surface area contributed by atoms with Gasteiger partial charge in [0.2, 0.25) is 11.3 Å². The average Bonchev–Trinajstić information content (AvgIpc) is 2.51. The van der Waals surface area contributed by atoms with Crippen molar-refractivity contribution >= 4 is 16.3 Å². The summed E-state index contributed by atoms with van der Waals surface area (Å²) >= 11 is 0. The Hall–Kier alpha value is -1.34. The van der Waals surface area contributed by atoms with E-state index >= 15 is 0 Å². The molecule has 0 aromatic carbocycles. The third-order valence-electron chi connectivity index (χ3n) is 1.62. The van der Waals surface area contributed by atoms with Gasteiger partial charge in [-0.2, -0.15) is 8.42 Å². The van der Waals surface area contributed by atoms with Crippen LogP contribution in [0.5, 0.6) is 0 Å². The summed E-state index contributed by atoms with van der Waals surface area (Å²) in [5.41, 5.74) is 0. The Balaban J connectivity index is 3.01. The zero-order valence-corrected chi connectivity index (χ0v) is 9.06. The van der Waals surface area contributed by atoms with Crippen molar-refractivity contribution in [2.24, 2.45) is 0 Å². The molecule has 84 valence electrons. The van der Waals surface area contributed by atoms with Crippen molar-refractivity contribution in [1.82, 2.24) is 0 Å². The molecule has 0 atom stereocenters. The lowest BCUT2D eigenvalue weighted by atomic mass is 10.4. The minimum Gasteiger partial charge on any atom is -0.624 e. The second-order valence-electron chi connectivity index (χ2n) is 3.21. The SMILES string of the molecule is CC(C)/[N+]([O-])=C/c1ccc(S(=O)(=O)O)o1. The van der Waals surface area contributed by atoms with Gasteiger partial charge in [0.25, 0.3) is 0 Å². The van der Waals surface area contributed by atoms with Gasteiger partial charge in [-0.3, -0.25) is 4.55 Å². The monoisotopic (exact) mass is 233 g/mol. The quantitative estimate of drug-likeness (QED) is 0.275. The first-order valence-electron chi connectivity index (χ1n) is 4.18. The van der Waals surface area contributed by atoms with Gasteiger partial charge >= 0.3 is 10.1 Å². The van der Waals surface area contributed by atoms with E-state index in [1.54, 1.807) is 13.8 Å². The molecule has 0 radical (unpaired) electrons. The minimum atomic E-state index is -4.35. The number of furan rings is 1. The zero-order valence-electron chi connectivity index (χ0n) is 8.25. The third kappa shape index (κ3) is 3.07. The van der Waals surface area contributed by atoms with E-state index in [9.17, 15) is 13.6 Å². The molecule has 1 N–H and O–H groups in total. The highest BCUT2D eigenvalue weighted by molar-refractivity contribution is 7.85. The van der Waals surface area contributed by atoms with E-state index in [1.165, 1.54) is 6.07 Å². The van der Waals surface area contributed by atoms with Crippen LogP contribution in [0.15, 0.2) is 21.6 Å². The summed E-state index contributed by atoms with van der Waals surface area (Å²) in [5.74, 6) is 0.0753. The van der Waals surface area contributed by atoms with Crippen molar-refractivity contribution in [3.05, 3.63) is 23.1 Å². The second kappa shape index (κ2) is 4.03. The van der Waals surface area contributed by atoms with Gasteiger partial charge in [0.1, 0.15) is 0 Å². The fourth-order valence-corrected chi connectivity index (χ4v) is 1.26. The minimum absolute atomic E-state index is 0.0753. The Morgan fingerprint density at radius 1 is 1.53 bits per heavy atom. The first kappa shape index (κ1) is 11.7. The molecular weight excluding hydrogens is 222 g/mol. The van der Waals surface area contributed by atoms with E-state index in [0.29, 0.717) is 4.74 Å². The van der Waals surface area contributed by atoms with Gasteiger partial charge < -0.3 is 9.62 Å². The molecule has 1 heterocycles. The van der Waals surface area contributed by atoms with Crippen molar-refractivity contribution in [3.8, 4) is 0 Å². The summed E-state index contributed by atoms with van der Waals surface area (Å²) < 4.78 is 35.2. The van der Waals surface area contributed by atoms with Gasteiger partial charge in [0, 0.05) is 0 Å². The summed E-state index contributed by atoms with van der Waals surface area (Å²) in [7, 11) is -4.35. The van der Waals surface area contributed by atoms with Crippen molar-refractivity contribution < 1.29 is 22.1 Å². The maximum Gasteiger partial charge on any atom is 0.328 e. The number of hydroxylamine groups is 1. The van der Waals surface area contributed by atoms with Crippen LogP contribution in [0.3, 0.4) is 0 Å². The van der Waals surface area contributed by atoms with E-state index < -0.39 is 15.2 Å². The Morgan fingerprint density at radius 3 is 2.53 bits per heavy atom. The van der Waals surface area contributed by atoms with E-state index in [2.05, 4.69) is 0 Å². The highest BCUT2D eigenvalue weighted by Gasteiger charge is 2.15. The van der Waals surface area contributed by atoms with E-state index in [-0.39, 0.29) is 11.8 Å². The van der Waals surface area contributed by atoms with Crippen LogP contribution in [0.2, 0.25) is 0 Å². The molecule has 6 nitrogen and oxygen atoms in total. The maximum atomic E-state index is 11.2. The molecule has 1 aromatic heterocycles. The fourth-order valence-electron chi connectivity index (χ4n) is 0.817. The van der Waals surface area contributed by atoms with Crippen LogP contribution in [0.4, 0.5) is 0 Å². The lowest BCUT2D eigenvalue weighted by molar-refractivity contribution is -0.487. The molecule has 0 saturated heterocycles. The summed E-state index contributed by atoms with van der Waals surface area (Å²) in [6, 6.07) is 2.09. The number of rotatable bonds is 3. The summed E-state index contributed by atoms with van der Waals surface area (Å²) in [4.78, 5) is 0. The van der Waals surface area contributed by atoms with E-state index in [1.807, 2.05) is 0 Å². The Kier molecular flexibility index (Phi) is 3.15. The molecule has 7 heteroatoms. The predicted molar refractivity (Wildman–Crippen MR) is 52.5 cm³/mol. The van der Waals surface area contributed by atoms with Crippen LogP contribution in [0.1, 0.15) is 19.6 Å². The fraction of sp³-hybridized carbons (Fsp3) is 0.375. The molecule has 0 aliphatic rings. The van der Waals surface area contributed by atoms with Crippen molar-refractivity contribution in [1.29, 1.82) is 0 Å². The third-order valence-corrected chi connectivity index (χ3v) is 2.35. The van der Waals surface area contributed by atoms with E-state index in [0.717, 1.165) is 12.3 Å². The molecule has 0 fully saturated rings. The normalized spacial score (nSPS) is 13.5. The molecule has 0 bridgehead atoms. The van der Waals surface area contributed by atoms with Gasteiger partial charge in [0.05, 0.1) is 0 Å². The van der Waals surface area contributed by atoms with Gasteiger partial charge in [-0.1, -0.05) is 0 Å². The van der Waals surface area contributed by atoms with Gasteiger partial charge in [-0.05, 0) is 26.0 Å². The summed E-state index contributed by atoms with van der Waals surface area (Å²) in [6.07, 6.45) is 1.11. The number of hydrogen-bond donors (Lipinski definition) is 1. The van der Waals surface area contributed by atoms with Crippen LogP contribution in [0.25, 0.3) is 0 Å². The Morgan fingerprint density at radius 2 is 2.13 bits per heavy atom. The lowest BCUT2D eigenvalue weighted by Gasteiger charge is -2.05. The smallest absolute Gasteiger partial charge is 0.328 e. The van der Waals surface area contributed by atoms with Gasteiger partial charge in [-0.25, -0.2) is 4.74 Å². The van der Waals surface area contributed by atoms with Crippen LogP contribution >= 0.6 is 0 Å². The highest BCUT2D eigenvalue weighted by Crippen LogP contribution is 2.11. The van der Waals surface area contributed by atoms with Crippen molar-refractivity contribution in [2.45, 2.75) is 25.0 Å². The molecule has 0 amide bonds. The van der Waals surface area contributed by atoms with Crippen LogP contribution < -0.4 is 0 Å². The first-order chi connectivity index (χ1) is 6.80. The lowest BCUT2D eigenvalue weighted by Crippen LogP contribution is -2.14. The van der Waals surface area contributed by atoms with Crippen molar-refractivity contribution in [2.75, 3.05) is 0 Å². The van der Waals surface area contributed by atoms with Crippen LogP contribution in [-0.4, -0.2) is 30.0 Å². The Bertz CT molecular complexity index is 471. The second-order valence-corrected chi connectivity index (χ2v) is 4.57. The maximum absolute atomic E-state index is 11.2. The van der Waals surface area contributed by atoms with E-state index in [4.69, 9.17) is 8.97 Å². The molecule has 0 aliphatic carbocycles. The Labute approximate surface area is 87.2 Å². The molecule has 15 heavy (non-hydrogen) atoms. The van der Waals surface area contributed by atoms with Gasteiger partial charge in [-0.15, -0.1) is 0 Å². The molecule has 0 saturated carbocycles. The summed E-state index contributed by atoms with van der Waals surface area (Å²) in [5, 5.41) is 10.6. The van der Waals surface area contributed by atoms with Crippen LogP contribution in [0, 0.1) is 5.21 Å². The first-order valence-corrected chi connectivity index (χ1v) is 5.62. The largest absolute Gasteiger partial charge is 0.624 e. The summed E-state index contributed by atoms with van der Waals surface area (Å²) in [6.45, 7) is 3.35. The average molecular weight is 233 g/mol. The topological polar surface area (TPSA) is 93.6 Å². The van der Waals surface area contributed by atoms with Crippen LogP contribution in [-0.2, 0) is 10.1 Å². The standard InChI is InChI=1S/C8H11NO5S/c1-6(2)9(10)5-7-3-4-8(14-7)15(11,12)13/h3-6H,1-2H3,(H,11,12,13)/b9-5-. The molecular formula is C8H11NO5S. The van der Waals surface area contributed by atoms with Crippen molar-refractivity contribution in [3.63, 3.8) is 0 Å².